The van der Waals surface area contributed by atoms with E-state index in [4.69, 9.17) is 4.74 Å². The molecule has 0 spiro atoms. The fourth-order valence-electron chi connectivity index (χ4n) is 1.75. The van der Waals surface area contributed by atoms with Gasteiger partial charge in [-0.05, 0) is 25.5 Å². The molecule has 0 unspecified atom stereocenters. The molecule has 134 valence electrons. The minimum atomic E-state index is -3.21. The first-order valence-corrected chi connectivity index (χ1v) is 8.95. The maximum atomic E-state index is 11.6. The Morgan fingerprint density at radius 2 is 1.96 bits per heavy atom. The molecule has 0 aromatic heterocycles. The van der Waals surface area contributed by atoms with Gasteiger partial charge in [-0.15, -0.1) is 0 Å². The molecule has 0 atom stereocenters. The molecule has 1 N–H and O–H groups in total. The normalized spacial score (nSPS) is 11.3. The SMILES string of the molecule is CCS(=O)(=O)N(C)CCCNC(=O)COc1ccc([N+](=O)[O-])cc1. The van der Waals surface area contributed by atoms with Crippen molar-refractivity contribution in [2.24, 2.45) is 0 Å². The van der Waals surface area contributed by atoms with Gasteiger partial charge in [-0.1, -0.05) is 0 Å². The zero-order valence-electron chi connectivity index (χ0n) is 13.6. The number of nitrogens with one attached hydrogen (secondary N) is 1. The molecule has 0 saturated heterocycles. The van der Waals surface area contributed by atoms with Crippen molar-refractivity contribution >= 4 is 21.6 Å². The maximum Gasteiger partial charge on any atom is 0.269 e. The number of hydrogen-bond donors (Lipinski definition) is 1. The lowest BCUT2D eigenvalue weighted by molar-refractivity contribution is -0.384. The fraction of sp³-hybridized carbons (Fsp3) is 0.500. The standard InChI is InChI=1S/C14H21N3O6S/c1-3-24(21,22)16(2)10-4-9-15-14(18)11-23-13-7-5-12(6-8-13)17(19)20/h5-8H,3-4,9-11H2,1-2H3,(H,15,18). The molecule has 10 heteroatoms. The lowest BCUT2D eigenvalue weighted by Crippen LogP contribution is -2.34. The number of nitrogens with zero attached hydrogens (tertiary/aromatic N) is 2. The quantitative estimate of drug-likeness (QED) is 0.374. The third-order valence-corrected chi connectivity index (χ3v) is 5.09. The number of rotatable bonds is 10. The van der Waals surface area contributed by atoms with Crippen molar-refractivity contribution in [3.63, 3.8) is 0 Å². The summed E-state index contributed by atoms with van der Waals surface area (Å²) in [6.07, 6.45) is 0.485. The second kappa shape index (κ2) is 9.18. The van der Waals surface area contributed by atoms with Gasteiger partial charge in [0.1, 0.15) is 5.75 Å². The van der Waals surface area contributed by atoms with E-state index in [9.17, 15) is 23.3 Å². The predicted molar refractivity (Wildman–Crippen MR) is 88.3 cm³/mol. The van der Waals surface area contributed by atoms with E-state index in [-0.39, 0.29) is 24.0 Å². The summed E-state index contributed by atoms with van der Waals surface area (Å²) in [5, 5.41) is 13.1. The van der Waals surface area contributed by atoms with Gasteiger partial charge in [0.2, 0.25) is 10.0 Å². The molecule has 0 bridgehead atoms. The first-order valence-electron chi connectivity index (χ1n) is 7.34. The third-order valence-electron chi connectivity index (χ3n) is 3.23. The van der Waals surface area contributed by atoms with Gasteiger partial charge in [-0.3, -0.25) is 14.9 Å². The fourth-order valence-corrected chi connectivity index (χ4v) is 2.60. The Labute approximate surface area is 140 Å². The van der Waals surface area contributed by atoms with Crippen molar-refractivity contribution < 1.29 is 22.9 Å². The van der Waals surface area contributed by atoms with Crippen LogP contribution in [0.15, 0.2) is 24.3 Å². The average molecular weight is 359 g/mol. The number of carbonyl (C=O) groups excluding carboxylic acids is 1. The van der Waals surface area contributed by atoms with Crippen molar-refractivity contribution in [2.45, 2.75) is 13.3 Å². The van der Waals surface area contributed by atoms with Gasteiger partial charge in [0.05, 0.1) is 10.7 Å². The minimum Gasteiger partial charge on any atom is -0.484 e. The highest BCUT2D eigenvalue weighted by atomic mass is 32.2. The largest absolute Gasteiger partial charge is 0.484 e. The van der Waals surface area contributed by atoms with Crippen LogP contribution in [-0.2, 0) is 14.8 Å². The Hall–Kier alpha value is -2.20. The van der Waals surface area contributed by atoms with Crippen molar-refractivity contribution in [3.8, 4) is 5.75 Å². The zero-order valence-corrected chi connectivity index (χ0v) is 14.4. The topological polar surface area (TPSA) is 119 Å². The summed E-state index contributed by atoms with van der Waals surface area (Å²) in [6.45, 7) is 2.00. The van der Waals surface area contributed by atoms with Crippen molar-refractivity contribution in [2.75, 3.05) is 32.5 Å². The number of nitro groups is 1. The third kappa shape index (κ3) is 6.50. The summed E-state index contributed by atoms with van der Waals surface area (Å²) >= 11 is 0. The van der Waals surface area contributed by atoms with Gasteiger partial charge < -0.3 is 10.1 Å². The van der Waals surface area contributed by atoms with E-state index in [2.05, 4.69) is 5.32 Å². The predicted octanol–water partition coefficient (Wildman–Crippen LogP) is 0.761. The van der Waals surface area contributed by atoms with Gasteiger partial charge in [0.25, 0.3) is 11.6 Å². The Kier molecular flexibility index (Phi) is 7.59. The van der Waals surface area contributed by atoms with Crippen LogP contribution in [0, 0.1) is 10.1 Å². The molecule has 0 heterocycles. The number of nitro benzene ring substituents is 1. The Bertz CT molecular complexity index is 660. The number of non-ortho nitro benzene ring substituents is 1. The first kappa shape index (κ1) is 19.8. The first-order chi connectivity index (χ1) is 11.3. The number of benzene rings is 1. The Morgan fingerprint density at radius 3 is 2.50 bits per heavy atom. The molecule has 1 amide bonds. The second-order valence-electron chi connectivity index (χ2n) is 4.97. The van der Waals surface area contributed by atoms with Crippen molar-refractivity contribution in [3.05, 3.63) is 34.4 Å². The number of ether oxygens (including phenoxy) is 1. The summed E-state index contributed by atoms with van der Waals surface area (Å²) in [5.74, 6) is 0.0396. The van der Waals surface area contributed by atoms with Crippen LogP contribution in [0.4, 0.5) is 5.69 Å². The summed E-state index contributed by atoms with van der Waals surface area (Å²) in [5.41, 5.74) is -0.0575. The van der Waals surface area contributed by atoms with Gasteiger partial charge in [0.15, 0.2) is 6.61 Å². The van der Waals surface area contributed by atoms with Gasteiger partial charge in [-0.25, -0.2) is 12.7 Å². The van der Waals surface area contributed by atoms with Crippen LogP contribution >= 0.6 is 0 Å². The van der Waals surface area contributed by atoms with Crippen LogP contribution in [0.1, 0.15) is 13.3 Å². The highest BCUT2D eigenvalue weighted by Crippen LogP contribution is 2.16. The molecule has 0 saturated carbocycles. The van der Waals surface area contributed by atoms with Crippen LogP contribution in [0.25, 0.3) is 0 Å². The second-order valence-corrected chi connectivity index (χ2v) is 7.33. The van der Waals surface area contributed by atoms with Crippen LogP contribution in [0.5, 0.6) is 5.75 Å². The molecule has 1 aromatic rings. The van der Waals surface area contributed by atoms with E-state index in [1.807, 2.05) is 0 Å². The van der Waals surface area contributed by atoms with E-state index >= 15 is 0 Å². The number of carbonyl (C=O) groups is 1. The van der Waals surface area contributed by atoms with E-state index in [1.165, 1.54) is 35.6 Å². The molecular weight excluding hydrogens is 338 g/mol. The Morgan fingerprint density at radius 1 is 1.33 bits per heavy atom. The molecule has 0 aliphatic rings. The number of amides is 1. The lowest BCUT2D eigenvalue weighted by atomic mass is 10.3. The highest BCUT2D eigenvalue weighted by Gasteiger charge is 2.14. The molecular formula is C14H21N3O6S. The van der Waals surface area contributed by atoms with Crippen LogP contribution in [0.3, 0.4) is 0 Å². The molecule has 24 heavy (non-hydrogen) atoms. The van der Waals surface area contributed by atoms with Gasteiger partial charge in [-0.2, -0.15) is 0 Å². The lowest BCUT2D eigenvalue weighted by Gasteiger charge is -2.15. The van der Waals surface area contributed by atoms with E-state index in [0.717, 1.165) is 0 Å². The number of sulfonamides is 1. The molecule has 0 radical (unpaired) electrons. The molecule has 0 fully saturated rings. The van der Waals surface area contributed by atoms with Crippen molar-refractivity contribution in [1.82, 2.24) is 9.62 Å². The minimum absolute atomic E-state index is 0.0406. The summed E-state index contributed by atoms with van der Waals surface area (Å²) in [6, 6.07) is 5.40. The summed E-state index contributed by atoms with van der Waals surface area (Å²) in [4.78, 5) is 21.6. The van der Waals surface area contributed by atoms with E-state index < -0.39 is 14.9 Å². The molecule has 9 nitrogen and oxygen atoms in total. The summed E-state index contributed by atoms with van der Waals surface area (Å²) < 4.78 is 29.5. The van der Waals surface area contributed by atoms with E-state index in [1.54, 1.807) is 6.92 Å². The zero-order chi connectivity index (χ0) is 18.2. The summed E-state index contributed by atoms with van der Waals surface area (Å²) in [7, 11) is -1.71. The van der Waals surface area contributed by atoms with Crippen LogP contribution in [-0.4, -0.2) is 56.1 Å². The van der Waals surface area contributed by atoms with Crippen LogP contribution in [0.2, 0.25) is 0 Å². The van der Waals surface area contributed by atoms with Gasteiger partial charge in [0, 0.05) is 32.3 Å². The molecule has 0 aliphatic heterocycles. The highest BCUT2D eigenvalue weighted by molar-refractivity contribution is 7.89. The molecule has 1 aromatic carbocycles. The number of hydrogen-bond acceptors (Lipinski definition) is 6. The maximum absolute atomic E-state index is 11.6. The van der Waals surface area contributed by atoms with Crippen molar-refractivity contribution in [1.29, 1.82) is 0 Å². The Balaban J connectivity index is 2.26. The smallest absolute Gasteiger partial charge is 0.269 e. The monoisotopic (exact) mass is 359 g/mol. The van der Waals surface area contributed by atoms with Crippen LogP contribution < -0.4 is 10.1 Å². The average Bonchev–Trinajstić information content (AvgIpc) is 2.56. The van der Waals surface area contributed by atoms with E-state index in [0.29, 0.717) is 25.3 Å². The molecule has 1 rings (SSSR count). The molecule has 0 aliphatic carbocycles. The van der Waals surface area contributed by atoms with Gasteiger partial charge >= 0.3 is 0 Å².